The summed E-state index contributed by atoms with van der Waals surface area (Å²) in [5, 5.41) is 10.3. The number of nitrogens with zero attached hydrogens (tertiary/aromatic N) is 1. The molecule has 0 atom stereocenters. The monoisotopic (exact) mass is 259 g/mol. The number of ether oxygens (including phenoxy) is 2. The summed E-state index contributed by atoms with van der Waals surface area (Å²) < 4.78 is 11.4. The normalized spacial score (nSPS) is 15.5. The Balaban J connectivity index is 1.72. The Hall–Kier alpha value is -2.17. The van der Waals surface area contributed by atoms with Gasteiger partial charge in [-0.1, -0.05) is 0 Å². The third kappa shape index (κ3) is 2.36. The van der Waals surface area contributed by atoms with E-state index >= 15 is 0 Å². The predicted molar refractivity (Wildman–Crippen MR) is 72.4 cm³/mol. The van der Waals surface area contributed by atoms with Gasteiger partial charge in [0.25, 0.3) is 0 Å². The van der Waals surface area contributed by atoms with Crippen LogP contribution in [0.15, 0.2) is 24.4 Å². The van der Waals surface area contributed by atoms with Crippen LogP contribution < -0.4 is 14.8 Å². The van der Waals surface area contributed by atoms with Crippen molar-refractivity contribution >= 4 is 5.69 Å². The summed E-state index contributed by atoms with van der Waals surface area (Å²) in [5.41, 5.74) is 3.23. The van der Waals surface area contributed by atoms with E-state index in [1.54, 1.807) is 0 Å². The van der Waals surface area contributed by atoms with E-state index in [1.165, 1.54) is 0 Å². The van der Waals surface area contributed by atoms with Crippen LogP contribution in [0.5, 0.6) is 11.5 Å². The Morgan fingerprint density at radius 3 is 2.79 bits per heavy atom. The maximum atomic E-state index is 5.71. The number of aromatic amines is 1. The summed E-state index contributed by atoms with van der Waals surface area (Å²) >= 11 is 0. The average Bonchev–Trinajstić information content (AvgIpc) is 2.87. The van der Waals surface area contributed by atoms with Crippen LogP contribution in [0.3, 0.4) is 0 Å². The molecule has 0 saturated heterocycles. The van der Waals surface area contributed by atoms with Gasteiger partial charge in [-0.15, -0.1) is 0 Å². The number of benzene rings is 1. The molecule has 100 valence electrons. The number of fused-ring (bicyclic) bond motifs is 1. The molecule has 5 nitrogen and oxygen atoms in total. The molecule has 0 bridgehead atoms. The highest BCUT2D eigenvalue weighted by molar-refractivity contribution is 5.56. The smallest absolute Gasteiger partial charge is 0.246 e. The lowest BCUT2D eigenvalue weighted by Crippen LogP contribution is -2.29. The summed E-state index contributed by atoms with van der Waals surface area (Å²) in [5.74, 6) is 0.983. The van der Waals surface area contributed by atoms with Gasteiger partial charge in [0.1, 0.15) is 0 Å². The maximum absolute atomic E-state index is 5.71. The number of hydrogen-bond donors (Lipinski definition) is 2. The average molecular weight is 259 g/mol. The van der Waals surface area contributed by atoms with Crippen molar-refractivity contribution in [2.75, 3.05) is 5.32 Å². The Kier molecular flexibility index (Phi) is 2.62. The van der Waals surface area contributed by atoms with Crippen molar-refractivity contribution in [3.05, 3.63) is 35.7 Å². The van der Waals surface area contributed by atoms with E-state index in [-0.39, 0.29) is 0 Å². The number of hydrogen-bond acceptors (Lipinski definition) is 4. The third-order valence-corrected chi connectivity index (χ3v) is 3.07. The second-order valence-electron chi connectivity index (χ2n) is 5.14. The molecule has 0 spiro atoms. The molecule has 1 aliphatic heterocycles. The fourth-order valence-electron chi connectivity index (χ4n) is 2.08. The second kappa shape index (κ2) is 4.19. The third-order valence-electron chi connectivity index (χ3n) is 3.07. The van der Waals surface area contributed by atoms with Gasteiger partial charge in [0.2, 0.25) is 5.79 Å². The number of nitrogens with one attached hydrogen (secondary N) is 2. The van der Waals surface area contributed by atoms with Crippen LogP contribution in [0, 0.1) is 6.92 Å². The van der Waals surface area contributed by atoms with Gasteiger partial charge in [-0.25, -0.2) is 0 Å². The predicted octanol–water partition coefficient (Wildman–Crippen LogP) is 2.84. The Morgan fingerprint density at radius 2 is 2.05 bits per heavy atom. The lowest BCUT2D eigenvalue weighted by atomic mass is 10.2. The molecule has 0 fully saturated rings. The van der Waals surface area contributed by atoms with Crippen molar-refractivity contribution < 1.29 is 9.47 Å². The summed E-state index contributed by atoms with van der Waals surface area (Å²) in [4.78, 5) is 0. The highest BCUT2D eigenvalue weighted by Gasteiger charge is 2.31. The quantitative estimate of drug-likeness (QED) is 0.889. The largest absolute Gasteiger partial charge is 0.449 e. The van der Waals surface area contributed by atoms with Crippen LogP contribution in [-0.4, -0.2) is 16.0 Å². The van der Waals surface area contributed by atoms with Gasteiger partial charge in [0.05, 0.1) is 6.20 Å². The Labute approximate surface area is 111 Å². The Morgan fingerprint density at radius 1 is 1.26 bits per heavy atom. The molecule has 0 saturated carbocycles. The van der Waals surface area contributed by atoms with E-state index in [2.05, 4.69) is 15.5 Å². The first-order chi connectivity index (χ1) is 9.03. The number of anilines is 1. The van der Waals surface area contributed by atoms with Crippen LogP contribution in [0.25, 0.3) is 0 Å². The van der Waals surface area contributed by atoms with Gasteiger partial charge in [-0.05, 0) is 19.1 Å². The van der Waals surface area contributed by atoms with Gasteiger partial charge in [-0.2, -0.15) is 5.10 Å². The fraction of sp³-hybridized carbons (Fsp3) is 0.357. The molecule has 3 rings (SSSR count). The van der Waals surface area contributed by atoms with E-state index in [9.17, 15) is 0 Å². The van der Waals surface area contributed by atoms with Crippen molar-refractivity contribution in [2.45, 2.75) is 33.1 Å². The molecule has 2 N–H and O–H groups in total. The molecule has 2 heterocycles. The fourth-order valence-corrected chi connectivity index (χ4v) is 2.08. The van der Waals surface area contributed by atoms with Crippen molar-refractivity contribution in [1.82, 2.24) is 10.2 Å². The number of rotatable bonds is 3. The zero-order valence-corrected chi connectivity index (χ0v) is 11.3. The molecule has 0 amide bonds. The minimum Gasteiger partial charge on any atom is -0.449 e. The minimum absolute atomic E-state index is 0.581. The lowest BCUT2D eigenvalue weighted by molar-refractivity contribution is -0.0431. The molecule has 0 unspecified atom stereocenters. The topological polar surface area (TPSA) is 59.2 Å². The summed E-state index contributed by atoms with van der Waals surface area (Å²) in [6.45, 7) is 6.53. The van der Waals surface area contributed by atoms with Crippen molar-refractivity contribution in [3.8, 4) is 11.5 Å². The van der Waals surface area contributed by atoms with Crippen molar-refractivity contribution in [1.29, 1.82) is 0 Å². The summed E-state index contributed by atoms with van der Waals surface area (Å²) in [7, 11) is 0. The second-order valence-corrected chi connectivity index (χ2v) is 5.14. The first-order valence-electron chi connectivity index (χ1n) is 6.28. The number of aryl methyl sites for hydroxylation is 1. The number of H-pyrrole nitrogens is 1. The highest BCUT2D eigenvalue weighted by Crippen LogP contribution is 2.40. The van der Waals surface area contributed by atoms with E-state index in [0.717, 1.165) is 35.0 Å². The van der Waals surface area contributed by atoms with Gasteiger partial charge in [-0.3, -0.25) is 5.10 Å². The summed E-state index contributed by atoms with van der Waals surface area (Å²) in [6, 6.07) is 5.87. The molecule has 2 aromatic rings. The van der Waals surface area contributed by atoms with E-state index in [0.29, 0.717) is 0 Å². The molecular weight excluding hydrogens is 242 g/mol. The molecule has 0 radical (unpaired) electrons. The van der Waals surface area contributed by atoms with Crippen LogP contribution in [-0.2, 0) is 6.54 Å². The van der Waals surface area contributed by atoms with Gasteiger partial charge >= 0.3 is 0 Å². The van der Waals surface area contributed by atoms with Crippen molar-refractivity contribution in [2.24, 2.45) is 0 Å². The van der Waals surface area contributed by atoms with Gasteiger partial charge < -0.3 is 14.8 Å². The first kappa shape index (κ1) is 11.9. The van der Waals surface area contributed by atoms with Gasteiger partial charge in [0, 0.05) is 43.4 Å². The number of aromatic nitrogens is 2. The Bertz CT molecular complexity index is 604. The first-order valence-corrected chi connectivity index (χ1v) is 6.28. The minimum atomic E-state index is -0.581. The van der Waals surface area contributed by atoms with E-state index in [1.807, 2.05) is 45.2 Å². The standard InChI is InChI=1S/C14H17N3O2/c1-9-10(8-16-17-9)7-15-11-4-5-12-13(6-11)19-14(2,3)18-12/h4-6,8,15H,7H2,1-3H3,(H,16,17). The molecule has 19 heavy (non-hydrogen) atoms. The molecular formula is C14H17N3O2. The molecule has 1 aromatic heterocycles. The van der Waals surface area contributed by atoms with Gasteiger partial charge in [0.15, 0.2) is 11.5 Å². The molecule has 1 aromatic carbocycles. The van der Waals surface area contributed by atoms with Crippen LogP contribution in [0.4, 0.5) is 5.69 Å². The maximum Gasteiger partial charge on any atom is 0.246 e. The molecule has 0 aliphatic carbocycles. The highest BCUT2D eigenvalue weighted by atomic mass is 16.7. The van der Waals surface area contributed by atoms with Crippen LogP contribution in [0.2, 0.25) is 0 Å². The zero-order valence-electron chi connectivity index (χ0n) is 11.3. The van der Waals surface area contributed by atoms with Crippen molar-refractivity contribution in [3.63, 3.8) is 0 Å². The van der Waals surface area contributed by atoms with E-state index in [4.69, 9.17) is 9.47 Å². The van der Waals surface area contributed by atoms with Crippen LogP contribution >= 0.6 is 0 Å². The summed E-state index contributed by atoms with van der Waals surface area (Å²) in [6.07, 6.45) is 1.83. The lowest BCUT2D eigenvalue weighted by Gasteiger charge is -2.16. The zero-order chi connectivity index (χ0) is 13.5. The van der Waals surface area contributed by atoms with E-state index < -0.39 is 5.79 Å². The van der Waals surface area contributed by atoms with Crippen LogP contribution in [0.1, 0.15) is 25.1 Å². The SMILES string of the molecule is Cc1[nH]ncc1CNc1ccc2c(c1)OC(C)(C)O2. The molecule has 1 aliphatic rings. The molecule has 5 heteroatoms.